The SMILES string of the molecule is CC12CC3CC(C)(C1)CC(CC(=O)C1CC1)(C3)C2. The molecule has 1 heteroatoms. The molecule has 1 nitrogen and oxygen atoms in total. The molecule has 0 aromatic rings. The van der Waals surface area contributed by atoms with E-state index < -0.39 is 0 Å². The number of hydrogen-bond donors (Lipinski definition) is 0. The fourth-order valence-corrected chi connectivity index (χ4v) is 6.80. The van der Waals surface area contributed by atoms with Crippen LogP contribution in [-0.2, 0) is 4.79 Å². The van der Waals surface area contributed by atoms with E-state index in [4.69, 9.17) is 0 Å². The normalized spacial score (nSPS) is 53.8. The van der Waals surface area contributed by atoms with Gasteiger partial charge in [-0.1, -0.05) is 13.8 Å². The minimum Gasteiger partial charge on any atom is -0.299 e. The van der Waals surface area contributed by atoms with E-state index in [1.807, 2.05) is 0 Å². The number of hydrogen-bond acceptors (Lipinski definition) is 1. The van der Waals surface area contributed by atoms with E-state index in [1.54, 1.807) is 0 Å². The lowest BCUT2D eigenvalue weighted by Crippen LogP contribution is -2.55. The van der Waals surface area contributed by atoms with Gasteiger partial charge < -0.3 is 0 Å². The summed E-state index contributed by atoms with van der Waals surface area (Å²) in [5, 5.41) is 0. The summed E-state index contributed by atoms with van der Waals surface area (Å²) >= 11 is 0. The number of rotatable bonds is 3. The number of ketones is 1. The zero-order valence-electron chi connectivity index (χ0n) is 11.9. The number of carbonyl (C=O) groups excluding carboxylic acids is 1. The molecule has 5 rings (SSSR count). The van der Waals surface area contributed by atoms with Gasteiger partial charge in [0.1, 0.15) is 5.78 Å². The van der Waals surface area contributed by atoms with Crippen molar-refractivity contribution in [2.75, 3.05) is 0 Å². The molecule has 0 aromatic heterocycles. The summed E-state index contributed by atoms with van der Waals surface area (Å²) in [4.78, 5) is 12.3. The molecule has 0 amide bonds. The quantitative estimate of drug-likeness (QED) is 0.723. The predicted molar refractivity (Wildman–Crippen MR) is 72.2 cm³/mol. The summed E-state index contributed by atoms with van der Waals surface area (Å²) in [6, 6.07) is 0. The van der Waals surface area contributed by atoms with Crippen molar-refractivity contribution in [2.24, 2.45) is 28.1 Å². The van der Waals surface area contributed by atoms with Gasteiger partial charge in [-0.05, 0) is 73.5 Å². The monoisotopic (exact) mass is 246 g/mol. The van der Waals surface area contributed by atoms with Gasteiger partial charge in [0.2, 0.25) is 0 Å². The first kappa shape index (κ1) is 11.5. The molecule has 5 saturated carbocycles. The minimum atomic E-state index is 0.419. The van der Waals surface area contributed by atoms with E-state index >= 15 is 0 Å². The Balaban J connectivity index is 1.62. The Morgan fingerprint density at radius 3 is 2.11 bits per heavy atom. The molecule has 2 unspecified atom stereocenters. The Bertz CT molecular complexity index is 388. The van der Waals surface area contributed by atoms with Crippen molar-refractivity contribution < 1.29 is 4.79 Å². The van der Waals surface area contributed by atoms with Crippen molar-refractivity contribution in [1.82, 2.24) is 0 Å². The lowest BCUT2D eigenvalue weighted by molar-refractivity contribution is -0.155. The summed E-state index contributed by atoms with van der Waals surface area (Å²) in [6.07, 6.45) is 11.7. The van der Waals surface area contributed by atoms with Crippen molar-refractivity contribution >= 4 is 5.78 Å². The molecule has 5 aliphatic carbocycles. The summed E-state index contributed by atoms with van der Waals surface area (Å²) in [5.41, 5.74) is 1.55. The Morgan fingerprint density at radius 2 is 1.61 bits per heavy atom. The Labute approximate surface area is 111 Å². The molecule has 0 radical (unpaired) electrons. The van der Waals surface area contributed by atoms with E-state index in [0.29, 0.717) is 27.9 Å². The molecule has 2 atom stereocenters. The van der Waals surface area contributed by atoms with Gasteiger partial charge >= 0.3 is 0 Å². The fraction of sp³-hybridized carbons (Fsp3) is 0.941. The predicted octanol–water partition coefficient (Wildman–Crippen LogP) is 4.35. The first-order valence-corrected chi connectivity index (χ1v) is 7.92. The summed E-state index contributed by atoms with van der Waals surface area (Å²) in [7, 11) is 0. The zero-order valence-corrected chi connectivity index (χ0v) is 11.9. The molecule has 4 bridgehead atoms. The maximum atomic E-state index is 12.3. The van der Waals surface area contributed by atoms with E-state index in [2.05, 4.69) is 13.8 Å². The smallest absolute Gasteiger partial charge is 0.136 e. The highest BCUT2D eigenvalue weighted by molar-refractivity contribution is 5.83. The highest BCUT2D eigenvalue weighted by atomic mass is 16.1. The maximum absolute atomic E-state index is 12.3. The van der Waals surface area contributed by atoms with Crippen LogP contribution in [0.15, 0.2) is 0 Å². The molecule has 0 spiro atoms. The summed E-state index contributed by atoms with van der Waals surface area (Å²) in [5.74, 6) is 2.02. The van der Waals surface area contributed by atoms with E-state index in [1.165, 1.54) is 51.4 Å². The van der Waals surface area contributed by atoms with Gasteiger partial charge in [0.25, 0.3) is 0 Å². The van der Waals surface area contributed by atoms with Gasteiger partial charge in [0.05, 0.1) is 0 Å². The summed E-state index contributed by atoms with van der Waals surface area (Å²) < 4.78 is 0. The molecule has 0 heterocycles. The van der Waals surface area contributed by atoms with Crippen molar-refractivity contribution in [1.29, 1.82) is 0 Å². The van der Waals surface area contributed by atoms with Gasteiger partial charge in [-0.15, -0.1) is 0 Å². The largest absolute Gasteiger partial charge is 0.299 e. The van der Waals surface area contributed by atoms with Crippen LogP contribution in [0.25, 0.3) is 0 Å². The van der Waals surface area contributed by atoms with Crippen LogP contribution in [0.5, 0.6) is 0 Å². The fourth-order valence-electron chi connectivity index (χ4n) is 6.80. The number of Topliss-reactive ketones (excluding diaryl/α,β-unsaturated/α-hetero) is 1. The number of carbonyl (C=O) groups is 1. The second-order valence-electron chi connectivity index (χ2n) is 9.05. The van der Waals surface area contributed by atoms with E-state index in [-0.39, 0.29) is 0 Å². The van der Waals surface area contributed by atoms with Gasteiger partial charge in [-0.3, -0.25) is 4.79 Å². The van der Waals surface area contributed by atoms with Crippen molar-refractivity contribution in [3.8, 4) is 0 Å². The third-order valence-electron chi connectivity index (χ3n) is 6.32. The average Bonchev–Trinajstić information content (AvgIpc) is 2.91. The van der Waals surface area contributed by atoms with Crippen LogP contribution in [0.4, 0.5) is 0 Å². The molecule has 5 fully saturated rings. The third kappa shape index (κ3) is 1.69. The highest BCUT2D eigenvalue weighted by Gasteiger charge is 2.60. The van der Waals surface area contributed by atoms with Crippen LogP contribution in [0.3, 0.4) is 0 Å². The molecule has 0 saturated heterocycles. The molecule has 100 valence electrons. The standard InChI is InChI=1S/C17H26O/c1-15-5-12-6-16(2,9-15)11-17(7-12,10-15)8-14(18)13-3-4-13/h12-13H,3-11H2,1-2H3. The Hall–Kier alpha value is -0.330. The van der Waals surface area contributed by atoms with E-state index in [0.717, 1.165) is 12.3 Å². The van der Waals surface area contributed by atoms with Gasteiger partial charge in [-0.25, -0.2) is 0 Å². The van der Waals surface area contributed by atoms with Crippen molar-refractivity contribution in [3.05, 3.63) is 0 Å². The molecular weight excluding hydrogens is 220 g/mol. The first-order valence-electron chi connectivity index (χ1n) is 7.92. The second-order valence-corrected chi connectivity index (χ2v) is 9.05. The van der Waals surface area contributed by atoms with Gasteiger partial charge in [-0.2, -0.15) is 0 Å². The molecule has 18 heavy (non-hydrogen) atoms. The lowest BCUT2D eigenvalue weighted by Gasteiger charge is -2.65. The third-order valence-corrected chi connectivity index (χ3v) is 6.32. The molecule has 0 aromatic carbocycles. The Kier molecular flexibility index (Phi) is 2.05. The molecule has 0 aliphatic heterocycles. The molecule has 0 N–H and O–H groups in total. The van der Waals surface area contributed by atoms with Crippen molar-refractivity contribution in [2.45, 2.75) is 71.6 Å². The average molecular weight is 246 g/mol. The lowest BCUT2D eigenvalue weighted by atomic mass is 9.39. The zero-order chi connectivity index (χ0) is 12.6. The summed E-state index contributed by atoms with van der Waals surface area (Å²) in [6.45, 7) is 5.01. The van der Waals surface area contributed by atoms with Crippen LogP contribution in [0.1, 0.15) is 71.6 Å². The first-order chi connectivity index (χ1) is 8.40. The molecule has 5 aliphatic rings. The topological polar surface area (TPSA) is 17.1 Å². The highest BCUT2D eigenvalue weighted by Crippen LogP contribution is 2.70. The van der Waals surface area contributed by atoms with E-state index in [9.17, 15) is 4.79 Å². The van der Waals surface area contributed by atoms with Crippen LogP contribution < -0.4 is 0 Å². The van der Waals surface area contributed by atoms with Crippen LogP contribution in [-0.4, -0.2) is 5.78 Å². The van der Waals surface area contributed by atoms with Crippen molar-refractivity contribution in [3.63, 3.8) is 0 Å². The van der Waals surface area contributed by atoms with Crippen LogP contribution in [0, 0.1) is 28.1 Å². The second kappa shape index (κ2) is 3.22. The minimum absolute atomic E-state index is 0.419. The van der Waals surface area contributed by atoms with Crippen LogP contribution >= 0.6 is 0 Å². The maximum Gasteiger partial charge on any atom is 0.136 e. The van der Waals surface area contributed by atoms with Gasteiger partial charge in [0, 0.05) is 12.3 Å². The van der Waals surface area contributed by atoms with Gasteiger partial charge in [0.15, 0.2) is 0 Å². The Morgan fingerprint density at radius 1 is 1.00 bits per heavy atom. The van der Waals surface area contributed by atoms with Crippen LogP contribution in [0.2, 0.25) is 0 Å². The molecular formula is C17H26O.